The lowest BCUT2D eigenvalue weighted by molar-refractivity contribution is 0.208. The van der Waals surface area contributed by atoms with Gasteiger partial charge in [0.05, 0.1) is 17.3 Å². The van der Waals surface area contributed by atoms with Crippen LogP contribution in [0.25, 0.3) is 10.2 Å². The molecule has 0 bridgehead atoms. The number of urea groups is 1. The number of ether oxygens (including phenoxy) is 1. The molecule has 4 rings (SSSR count). The van der Waals surface area contributed by atoms with E-state index in [2.05, 4.69) is 43.1 Å². The van der Waals surface area contributed by atoms with Gasteiger partial charge in [0.15, 0.2) is 5.13 Å². The number of anilines is 2. The molecule has 1 aromatic heterocycles. The minimum absolute atomic E-state index is 0.0489. The molecule has 1 N–H and O–H groups in total. The summed E-state index contributed by atoms with van der Waals surface area (Å²) in [5.74, 6) is 0.842. The Morgan fingerprint density at radius 1 is 1.07 bits per heavy atom. The van der Waals surface area contributed by atoms with Crippen molar-refractivity contribution in [2.24, 2.45) is 0 Å². The second-order valence-corrected chi connectivity index (χ2v) is 9.57. The van der Waals surface area contributed by atoms with Crippen LogP contribution in [-0.2, 0) is 5.41 Å². The maximum Gasteiger partial charge on any atom is 0.321 e. The molecule has 3 aromatic rings. The van der Waals surface area contributed by atoms with Gasteiger partial charge in [0.2, 0.25) is 0 Å². The number of hydrogen-bond acceptors (Lipinski definition) is 5. The maximum absolute atomic E-state index is 12.7. The molecule has 1 saturated heterocycles. The summed E-state index contributed by atoms with van der Waals surface area (Å²) in [4.78, 5) is 21.5. The first-order valence-corrected chi connectivity index (χ1v) is 11.0. The fourth-order valence-corrected chi connectivity index (χ4v) is 4.56. The van der Waals surface area contributed by atoms with Gasteiger partial charge in [-0.1, -0.05) is 44.2 Å². The van der Waals surface area contributed by atoms with Gasteiger partial charge >= 0.3 is 6.03 Å². The van der Waals surface area contributed by atoms with Gasteiger partial charge < -0.3 is 19.9 Å². The van der Waals surface area contributed by atoms with E-state index in [-0.39, 0.29) is 11.4 Å². The van der Waals surface area contributed by atoms with Crippen molar-refractivity contribution < 1.29 is 9.53 Å². The monoisotopic (exact) mass is 424 g/mol. The smallest absolute Gasteiger partial charge is 0.321 e. The SMILES string of the molecule is COc1ccc2nc(N3CCN(C(=O)Nc4ccc(C(C)(C)C)cc4)CC3)sc2c1. The van der Waals surface area contributed by atoms with Crippen LogP contribution in [0, 0.1) is 0 Å². The number of methoxy groups -OCH3 is 1. The standard InChI is InChI=1S/C23H28N4O2S/c1-23(2,3)16-5-7-17(8-6-16)24-21(28)26-11-13-27(14-12-26)22-25-19-10-9-18(29-4)15-20(19)30-22/h5-10,15H,11-14H2,1-4H3,(H,24,28). The van der Waals surface area contributed by atoms with E-state index in [4.69, 9.17) is 9.72 Å². The molecular formula is C23H28N4O2S. The van der Waals surface area contributed by atoms with Crippen molar-refractivity contribution in [3.05, 3.63) is 48.0 Å². The number of amides is 2. The van der Waals surface area contributed by atoms with Crippen molar-refractivity contribution >= 4 is 38.4 Å². The van der Waals surface area contributed by atoms with Crippen LogP contribution in [0.3, 0.4) is 0 Å². The minimum Gasteiger partial charge on any atom is -0.497 e. The number of piperazine rings is 1. The lowest BCUT2D eigenvalue weighted by Crippen LogP contribution is -2.50. The van der Waals surface area contributed by atoms with E-state index in [1.54, 1.807) is 18.4 Å². The molecule has 0 atom stereocenters. The third-order valence-electron chi connectivity index (χ3n) is 5.42. The number of thiazole rings is 1. The van der Waals surface area contributed by atoms with Crippen LogP contribution < -0.4 is 15.0 Å². The summed E-state index contributed by atoms with van der Waals surface area (Å²) < 4.78 is 6.42. The summed E-state index contributed by atoms with van der Waals surface area (Å²) in [6.45, 7) is 9.43. The zero-order chi connectivity index (χ0) is 21.3. The molecule has 0 radical (unpaired) electrons. The molecule has 7 heteroatoms. The third-order valence-corrected chi connectivity index (χ3v) is 6.50. The average molecular weight is 425 g/mol. The predicted octanol–water partition coefficient (Wildman–Crippen LogP) is 4.96. The van der Waals surface area contributed by atoms with Crippen LogP contribution in [0.2, 0.25) is 0 Å². The van der Waals surface area contributed by atoms with Crippen molar-refractivity contribution in [3.63, 3.8) is 0 Å². The molecule has 2 aromatic carbocycles. The van der Waals surface area contributed by atoms with Crippen LogP contribution in [0.4, 0.5) is 15.6 Å². The maximum atomic E-state index is 12.7. The van der Waals surface area contributed by atoms with Crippen molar-refractivity contribution in [1.29, 1.82) is 0 Å². The highest BCUT2D eigenvalue weighted by atomic mass is 32.1. The molecule has 1 aliphatic heterocycles. The van der Waals surface area contributed by atoms with Gasteiger partial charge in [0.1, 0.15) is 5.75 Å². The minimum atomic E-state index is -0.0489. The first-order valence-electron chi connectivity index (χ1n) is 10.2. The van der Waals surface area contributed by atoms with Gasteiger partial charge in [0, 0.05) is 31.9 Å². The van der Waals surface area contributed by atoms with E-state index >= 15 is 0 Å². The van der Waals surface area contributed by atoms with E-state index in [0.29, 0.717) is 13.1 Å². The number of aromatic nitrogens is 1. The van der Waals surface area contributed by atoms with E-state index in [1.165, 1.54) is 5.56 Å². The molecule has 1 aliphatic rings. The van der Waals surface area contributed by atoms with Crippen molar-refractivity contribution in [1.82, 2.24) is 9.88 Å². The van der Waals surface area contributed by atoms with E-state index in [9.17, 15) is 4.79 Å². The van der Waals surface area contributed by atoms with Crippen LogP contribution in [0.15, 0.2) is 42.5 Å². The molecule has 0 spiro atoms. The lowest BCUT2D eigenvalue weighted by Gasteiger charge is -2.34. The van der Waals surface area contributed by atoms with Gasteiger partial charge in [-0.05, 0) is 41.3 Å². The van der Waals surface area contributed by atoms with Crippen molar-refractivity contribution in [2.75, 3.05) is 43.5 Å². The molecule has 0 saturated carbocycles. The highest BCUT2D eigenvalue weighted by Crippen LogP contribution is 2.32. The fraction of sp³-hybridized carbons (Fsp3) is 0.391. The van der Waals surface area contributed by atoms with Crippen molar-refractivity contribution in [3.8, 4) is 5.75 Å². The summed E-state index contributed by atoms with van der Waals surface area (Å²) in [5, 5.41) is 4.02. The Balaban J connectivity index is 1.35. The number of rotatable bonds is 3. The van der Waals surface area contributed by atoms with E-state index < -0.39 is 0 Å². The molecule has 1 fully saturated rings. The van der Waals surface area contributed by atoms with Gasteiger partial charge in [-0.25, -0.2) is 9.78 Å². The highest BCUT2D eigenvalue weighted by Gasteiger charge is 2.23. The molecular weight excluding hydrogens is 396 g/mol. The van der Waals surface area contributed by atoms with Gasteiger partial charge in [-0.3, -0.25) is 0 Å². The van der Waals surface area contributed by atoms with Crippen LogP contribution in [0.5, 0.6) is 5.75 Å². The van der Waals surface area contributed by atoms with Gasteiger partial charge in [-0.15, -0.1) is 0 Å². The average Bonchev–Trinajstić information content (AvgIpc) is 3.17. The quantitative estimate of drug-likeness (QED) is 0.646. The van der Waals surface area contributed by atoms with Gasteiger partial charge in [0.25, 0.3) is 0 Å². The fourth-order valence-electron chi connectivity index (χ4n) is 3.51. The second-order valence-electron chi connectivity index (χ2n) is 8.56. The van der Waals surface area contributed by atoms with Gasteiger partial charge in [-0.2, -0.15) is 0 Å². The molecule has 0 unspecified atom stereocenters. The summed E-state index contributed by atoms with van der Waals surface area (Å²) in [6.07, 6.45) is 0. The predicted molar refractivity (Wildman–Crippen MR) is 124 cm³/mol. The second kappa shape index (κ2) is 8.14. The first-order chi connectivity index (χ1) is 14.3. The number of fused-ring (bicyclic) bond motifs is 1. The number of hydrogen-bond donors (Lipinski definition) is 1. The topological polar surface area (TPSA) is 57.7 Å². The Kier molecular flexibility index (Phi) is 5.56. The normalized spacial score (nSPS) is 14.8. The molecule has 2 amide bonds. The molecule has 6 nitrogen and oxygen atoms in total. The molecule has 0 aliphatic carbocycles. The largest absolute Gasteiger partial charge is 0.497 e. The van der Waals surface area contributed by atoms with Crippen LogP contribution >= 0.6 is 11.3 Å². The summed E-state index contributed by atoms with van der Waals surface area (Å²) in [7, 11) is 1.67. The Morgan fingerprint density at radius 2 is 1.77 bits per heavy atom. The Labute approximate surface area is 181 Å². The lowest BCUT2D eigenvalue weighted by atomic mass is 9.87. The highest BCUT2D eigenvalue weighted by molar-refractivity contribution is 7.22. The number of nitrogens with one attached hydrogen (secondary N) is 1. The number of nitrogens with zero attached hydrogens (tertiary/aromatic N) is 3. The Bertz CT molecular complexity index is 1030. The number of carbonyl (C=O) groups is 1. The Morgan fingerprint density at radius 3 is 2.40 bits per heavy atom. The van der Waals surface area contributed by atoms with Crippen molar-refractivity contribution in [2.45, 2.75) is 26.2 Å². The molecule has 2 heterocycles. The molecule has 158 valence electrons. The van der Waals surface area contributed by atoms with E-state index in [0.717, 1.165) is 39.9 Å². The summed E-state index contributed by atoms with van der Waals surface area (Å²) >= 11 is 1.66. The van der Waals surface area contributed by atoms with E-state index in [1.807, 2.05) is 35.2 Å². The number of benzene rings is 2. The summed E-state index contributed by atoms with van der Waals surface area (Å²) in [5.41, 5.74) is 3.16. The zero-order valence-electron chi connectivity index (χ0n) is 17.9. The Hall–Kier alpha value is -2.80. The zero-order valence-corrected chi connectivity index (χ0v) is 18.8. The van der Waals surface area contributed by atoms with Crippen LogP contribution in [0.1, 0.15) is 26.3 Å². The van der Waals surface area contributed by atoms with Crippen LogP contribution in [-0.4, -0.2) is 49.2 Å². The first kappa shape index (κ1) is 20.5. The number of carbonyl (C=O) groups excluding carboxylic acids is 1. The third kappa shape index (κ3) is 4.36. The molecule has 30 heavy (non-hydrogen) atoms. The summed E-state index contributed by atoms with van der Waals surface area (Å²) in [6, 6.07) is 14.0.